The summed E-state index contributed by atoms with van der Waals surface area (Å²) in [6.45, 7) is 5.74. The largest absolute Gasteiger partial charge is 0.372 e. The van der Waals surface area contributed by atoms with Crippen LogP contribution in [0.1, 0.15) is 28.9 Å². The number of carbonyl (C=O) groups excluding carboxylic acids is 1. The van der Waals surface area contributed by atoms with Crippen molar-refractivity contribution in [2.24, 2.45) is 0 Å². The molecule has 0 bridgehead atoms. The first kappa shape index (κ1) is 16.7. The normalized spacial score (nSPS) is 14.1. The van der Waals surface area contributed by atoms with Crippen LogP contribution in [-0.2, 0) is 6.54 Å². The molecular formula is C22H25N3O. The minimum Gasteiger partial charge on any atom is -0.372 e. The molecule has 0 aliphatic carbocycles. The van der Waals surface area contributed by atoms with Crippen molar-refractivity contribution in [2.45, 2.75) is 26.3 Å². The van der Waals surface area contributed by atoms with Gasteiger partial charge in [-0.3, -0.25) is 4.79 Å². The Labute approximate surface area is 154 Å². The number of amides is 1. The van der Waals surface area contributed by atoms with E-state index in [1.165, 1.54) is 35.1 Å². The molecule has 3 aromatic rings. The van der Waals surface area contributed by atoms with Gasteiger partial charge in [0.15, 0.2) is 0 Å². The second kappa shape index (κ2) is 7.24. The first-order chi connectivity index (χ1) is 12.7. The first-order valence-electron chi connectivity index (χ1n) is 9.40. The Bertz CT molecular complexity index is 905. The minimum absolute atomic E-state index is 0.00733. The second-order valence-corrected chi connectivity index (χ2v) is 6.99. The molecule has 4 rings (SSSR count). The van der Waals surface area contributed by atoms with Crippen LogP contribution in [0.15, 0.2) is 54.6 Å². The van der Waals surface area contributed by atoms with E-state index >= 15 is 0 Å². The number of nitrogens with zero attached hydrogens (tertiary/aromatic N) is 2. The van der Waals surface area contributed by atoms with Crippen LogP contribution in [0.3, 0.4) is 0 Å². The molecular weight excluding hydrogens is 322 g/mol. The van der Waals surface area contributed by atoms with Crippen LogP contribution in [-0.4, -0.2) is 30.1 Å². The second-order valence-electron chi connectivity index (χ2n) is 6.99. The molecule has 0 atom stereocenters. The third-order valence-electron chi connectivity index (χ3n) is 5.24. The number of benzene rings is 2. The number of hydrogen-bond donors (Lipinski definition) is 1. The Morgan fingerprint density at radius 1 is 1.04 bits per heavy atom. The van der Waals surface area contributed by atoms with Crippen molar-refractivity contribution in [3.63, 3.8) is 0 Å². The fourth-order valence-electron chi connectivity index (χ4n) is 3.83. The third-order valence-corrected chi connectivity index (χ3v) is 5.24. The van der Waals surface area contributed by atoms with Crippen LogP contribution >= 0.6 is 0 Å². The minimum atomic E-state index is -0.00733. The van der Waals surface area contributed by atoms with Crippen molar-refractivity contribution >= 4 is 22.5 Å². The lowest BCUT2D eigenvalue weighted by Gasteiger charge is -2.17. The molecule has 0 radical (unpaired) electrons. The highest BCUT2D eigenvalue weighted by atomic mass is 16.1. The lowest BCUT2D eigenvalue weighted by molar-refractivity contribution is 0.0952. The maximum absolute atomic E-state index is 12.4. The summed E-state index contributed by atoms with van der Waals surface area (Å²) in [5.41, 5.74) is 4.38. The standard InChI is InChI=1S/C22H25N3O/c1-17-16-19-6-2-3-7-21(19)25(17)15-12-23-22(26)18-8-10-20(11-9-18)24-13-4-5-14-24/h2-3,6-11,16H,4-5,12-15H2,1H3,(H,23,26). The SMILES string of the molecule is Cc1cc2ccccc2n1CCNC(=O)c1ccc(N2CCCC2)cc1. The molecule has 1 fully saturated rings. The van der Waals surface area contributed by atoms with Crippen molar-refractivity contribution in [3.05, 3.63) is 65.9 Å². The van der Waals surface area contributed by atoms with E-state index in [9.17, 15) is 4.79 Å². The van der Waals surface area contributed by atoms with E-state index < -0.39 is 0 Å². The summed E-state index contributed by atoms with van der Waals surface area (Å²) in [5, 5.41) is 4.29. The van der Waals surface area contributed by atoms with E-state index in [1.807, 2.05) is 12.1 Å². The van der Waals surface area contributed by atoms with Crippen LogP contribution in [0.2, 0.25) is 0 Å². The number of aromatic nitrogens is 1. The number of carbonyl (C=O) groups is 1. The zero-order chi connectivity index (χ0) is 17.9. The molecule has 1 aliphatic heterocycles. The quantitative estimate of drug-likeness (QED) is 0.758. The first-order valence-corrected chi connectivity index (χ1v) is 9.40. The number of para-hydroxylation sites is 1. The van der Waals surface area contributed by atoms with Crippen molar-refractivity contribution in [2.75, 3.05) is 24.5 Å². The molecule has 26 heavy (non-hydrogen) atoms. The van der Waals surface area contributed by atoms with Crippen molar-refractivity contribution in [3.8, 4) is 0 Å². The van der Waals surface area contributed by atoms with Crippen molar-refractivity contribution in [1.29, 1.82) is 0 Å². The van der Waals surface area contributed by atoms with E-state index in [-0.39, 0.29) is 5.91 Å². The average molecular weight is 347 g/mol. The van der Waals surface area contributed by atoms with E-state index in [1.54, 1.807) is 0 Å². The van der Waals surface area contributed by atoms with E-state index in [4.69, 9.17) is 0 Å². The van der Waals surface area contributed by atoms with E-state index in [0.717, 1.165) is 25.2 Å². The van der Waals surface area contributed by atoms with Gasteiger partial charge in [0, 0.05) is 48.6 Å². The molecule has 0 spiro atoms. The van der Waals surface area contributed by atoms with Gasteiger partial charge in [0.2, 0.25) is 0 Å². The summed E-state index contributed by atoms with van der Waals surface area (Å²) in [5.74, 6) is -0.00733. The number of fused-ring (bicyclic) bond motifs is 1. The van der Waals surface area contributed by atoms with Gasteiger partial charge in [-0.25, -0.2) is 0 Å². The lowest BCUT2D eigenvalue weighted by Crippen LogP contribution is -2.27. The van der Waals surface area contributed by atoms with E-state index in [2.05, 4.69) is 64.2 Å². The number of anilines is 1. The fourth-order valence-corrected chi connectivity index (χ4v) is 3.83. The predicted octanol–water partition coefficient (Wildman–Crippen LogP) is 3.98. The van der Waals surface area contributed by atoms with Crippen LogP contribution in [0.5, 0.6) is 0 Å². The fraction of sp³-hybridized carbons (Fsp3) is 0.318. The number of rotatable bonds is 5. The molecule has 134 valence electrons. The van der Waals surface area contributed by atoms with Gasteiger partial charge < -0.3 is 14.8 Å². The molecule has 0 saturated carbocycles. The lowest BCUT2D eigenvalue weighted by atomic mass is 10.2. The molecule has 1 N–H and O–H groups in total. The van der Waals surface area contributed by atoms with Crippen LogP contribution in [0.4, 0.5) is 5.69 Å². The average Bonchev–Trinajstić information content (AvgIpc) is 3.30. The Morgan fingerprint density at radius 2 is 1.77 bits per heavy atom. The van der Waals surface area contributed by atoms with Gasteiger partial charge in [-0.1, -0.05) is 18.2 Å². The van der Waals surface area contributed by atoms with Gasteiger partial charge in [-0.2, -0.15) is 0 Å². The van der Waals surface area contributed by atoms with Crippen molar-refractivity contribution in [1.82, 2.24) is 9.88 Å². The zero-order valence-electron chi connectivity index (χ0n) is 15.2. The molecule has 1 amide bonds. The molecule has 1 aliphatic rings. The van der Waals surface area contributed by atoms with Gasteiger partial charge in [0.05, 0.1) is 0 Å². The summed E-state index contributed by atoms with van der Waals surface area (Å²) in [4.78, 5) is 14.8. The third kappa shape index (κ3) is 3.32. The molecule has 1 aromatic heterocycles. The van der Waals surface area contributed by atoms with Gasteiger partial charge in [-0.05, 0) is 61.5 Å². The zero-order valence-corrected chi connectivity index (χ0v) is 15.2. The summed E-state index contributed by atoms with van der Waals surface area (Å²) < 4.78 is 2.26. The predicted molar refractivity (Wildman–Crippen MR) is 107 cm³/mol. The molecule has 1 saturated heterocycles. The maximum Gasteiger partial charge on any atom is 0.251 e. The highest BCUT2D eigenvalue weighted by Gasteiger charge is 2.13. The number of nitrogens with one attached hydrogen (secondary N) is 1. The van der Waals surface area contributed by atoms with Gasteiger partial charge >= 0.3 is 0 Å². The highest BCUT2D eigenvalue weighted by Crippen LogP contribution is 2.21. The van der Waals surface area contributed by atoms with Crippen LogP contribution in [0, 0.1) is 6.92 Å². The summed E-state index contributed by atoms with van der Waals surface area (Å²) in [6.07, 6.45) is 2.52. The van der Waals surface area contributed by atoms with Gasteiger partial charge in [-0.15, -0.1) is 0 Å². The molecule has 2 aromatic carbocycles. The summed E-state index contributed by atoms with van der Waals surface area (Å²) >= 11 is 0. The molecule has 4 nitrogen and oxygen atoms in total. The Hall–Kier alpha value is -2.75. The number of aryl methyl sites for hydroxylation is 1. The Balaban J connectivity index is 1.37. The molecule has 2 heterocycles. The van der Waals surface area contributed by atoms with Crippen molar-refractivity contribution < 1.29 is 4.79 Å². The van der Waals surface area contributed by atoms with Gasteiger partial charge in [0.25, 0.3) is 5.91 Å². The van der Waals surface area contributed by atoms with Crippen LogP contribution < -0.4 is 10.2 Å². The summed E-state index contributed by atoms with van der Waals surface area (Å²) in [7, 11) is 0. The monoisotopic (exact) mass is 347 g/mol. The maximum atomic E-state index is 12.4. The van der Waals surface area contributed by atoms with Crippen LogP contribution in [0.25, 0.3) is 10.9 Å². The Kier molecular flexibility index (Phi) is 4.65. The number of hydrogen-bond acceptors (Lipinski definition) is 2. The summed E-state index contributed by atoms with van der Waals surface area (Å²) in [6, 6.07) is 18.5. The van der Waals surface area contributed by atoms with Gasteiger partial charge in [0.1, 0.15) is 0 Å². The smallest absolute Gasteiger partial charge is 0.251 e. The molecule has 4 heteroatoms. The Morgan fingerprint density at radius 3 is 2.54 bits per heavy atom. The topological polar surface area (TPSA) is 37.3 Å². The highest BCUT2D eigenvalue weighted by molar-refractivity contribution is 5.94. The van der Waals surface area contributed by atoms with E-state index in [0.29, 0.717) is 6.54 Å². The molecule has 0 unspecified atom stereocenters.